The highest BCUT2D eigenvalue weighted by Gasteiger charge is 2.19. The molecule has 63 valence electrons. The Kier molecular flexibility index (Phi) is 1.18. The fraction of sp³-hybridized carbons (Fsp3) is 0.0909. The van der Waals surface area contributed by atoms with Crippen molar-refractivity contribution in [3.8, 4) is 0 Å². The van der Waals surface area contributed by atoms with E-state index in [9.17, 15) is 4.79 Å². The van der Waals surface area contributed by atoms with E-state index in [0.29, 0.717) is 0 Å². The van der Waals surface area contributed by atoms with Gasteiger partial charge in [-0.1, -0.05) is 18.2 Å². The zero-order valence-corrected chi connectivity index (χ0v) is 7.00. The van der Waals surface area contributed by atoms with Gasteiger partial charge in [-0.05, 0) is 24.5 Å². The average molecular weight is 170 g/mol. The molecule has 0 aliphatic heterocycles. The summed E-state index contributed by atoms with van der Waals surface area (Å²) in [5.41, 5.74) is 3.05. The molecule has 0 atom stereocenters. The third-order valence-electron chi connectivity index (χ3n) is 2.57. The van der Waals surface area contributed by atoms with Crippen LogP contribution >= 0.6 is 0 Å². The van der Waals surface area contributed by atoms with Crippen LogP contribution in [-0.2, 0) is 6.42 Å². The van der Waals surface area contributed by atoms with Crippen LogP contribution < -0.4 is 5.56 Å². The first-order valence-electron chi connectivity index (χ1n) is 4.33. The van der Waals surface area contributed by atoms with Crippen molar-refractivity contribution in [2.45, 2.75) is 6.42 Å². The Morgan fingerprint density at radius 3 is 2.85 bits per heavy atom. The van der Waals surface area contributed by atoms with Gasteiger partial charge in [0.05, 0.1) is 0 Å². The normalized spacial score (nSPS) is 13.8. The van der Waals surface area contributed by atoms with Crippen LogP contribution in [0.1, 0.15) is 11.1 Å². The summed E-state index contributed by atoms with van der Waals surface area (Å²) in [6.45, 7) is 0. The van der Waals surface area contributed by atoms with Crippen molar-refractivity contribution < 1.29 is 0 Å². The van der Waals surface area contributed by atoms with Crippen molar-refractivity contribution in [2.24, 2.45) is 0 Å². The first-order chi connectivity index (χ1) is 6.36. The molecule has 13 heavy (non-hydrogen) atoms. The van der Waals surface area contributed by atoms with Crippen LogP contribution in [0.2, 0.25) is 0 Å². The number of hydrogen-bond acceptors (Lipinski definition) is 1. The first kappa shape index (κ1) is 6.89. The predicted molar refractivity (Wildman–Crippen MR) is 51.7 cm³/mol. The summed E-state index contributed by atoms with van der Waals surface area (Å²) < 4.78 is 0. The summed E-state index contributed by atoms with van der Waals surface area (Å²) >= 11 is 0. The molecule has 3 rings (SSSR count). The number of aromatic nitrogens is 1. The summed E-state index contributed by atoms with van der Waals surface area (Å²) in [6, 6.07) is 7.90. The summed E-state index contributed by atoms with van der Waals surface area (Å²) in [5, 5.41) is 1.16. The second-order valence-corrected chi connectivity index (χ2v) is 3.30. The van der Waals surface area contributed by atoms with Crippen LogP contribution in [-0.4, -0.2) is 4.98 Å². The number of fused-ring (bicyclic) bond motifs is 3. The number of rotatable bonds is 0. The molecule has 2 aromatic rings. The second kappa shape index (κ2) is 2.22. The predicted octanol–water partition coefficient (Wildman–Crippen LogP) is 1.64. The lowest BCUT2D eigenvalue weighted by molar-refractivity contribution is 0.999. The molecule has 0 spiro atoms. The molecule has 1 radical (unpaired) electrons. The van der Waals surface area contributed by atoms with Gasteiger partial charge < -0.3 is 4.98 Å². The summed E-state index contributed by atoms with van der Waals surface area (Å²) in [7, 11) is 0. The summed E-state index contributed by atoms with van der Waals surface area (Å²) in [6.07, 6.45) is 2.92. The van der Waals surface area contributed by atoms with E-state index in [1.165, 1.54) is 0 Å². The van der Waals surface area contributed by atoms with E-state index in [2.05, 4.69) is 11.4 Å². The van der Waals surface area contributed by atoms with E-state index in [1.807, 2.05) is 24.3 Å². The monoisotopic (exact) mass is 170 g/mol. The number of benzene rings is 1. The van der Waals surface area contributed by atoms with Gasteiger partial charge in [-0.15, -0.1) is 0 Å². The quantitative estimate of drug-likeness (QED) is 0.640. The SMILES string of the molecule is O=c1[nH]c2ccccc2c2c1C[CH]2. The first-order valence-corrected chi connectivity index (χ1v) is 4.33. The van der Waals surface area contributed by atoms with E-state index in [4.69, 9.17) is 0 Å². The Morgan fingerprint density at radius 2 is 2.08 bits per heavy atom. The second-order valence-electron chi connectivity index (χ2n) is 3.30. The number of pyridine rings is 1. The zero-order valence-electron chi connectivity index (χ0n) is 7.00. The zero-order chi connectivity index (χ0) is 8.84. The topological polar surface area (TPSA) is 32.9 Å². The number of aromatic amines is 1. The minimum absolute atomic E-state index is 0.0659. The molecule has 1 heterocycles. The van der Waals surface area contributed by atoms with Crippen LogP contribution in [0.15, 0.2) is 29.1 Å². The van der Waals surface area contributed by atoms with Gasteiger partial charge in [0, 0.05) is 16.5 Å². The molecule has 0 saturated carbocycles. The van der Waals surface area contributed by atoms with Crippen molar-refractivity contribution in [1.29, 1.82) is 0 Å². The molecular formula is C11H8NO. The number of para-hydroxylation sites is 1. The molecule has 0 fully saturated rings. The Balaban J connectivity index is 2.57. The van der Waals surface area contributed by atoms with Crippen LogP contribution in [0.4, 0.5) is 0 Å². The Bertz CT molecular complexity index is 539. The third-order valence-corrected chi connectivity index (χ3v) is 2.57. The average Bonchev–Trinajstić information content (AvgIpc) is 2.04. The van der Waals surface area contributed by atoms with Crippen LogP contribution in [0.25, 0.3) is 10.9 Å². The number of nitrogens with one attached hydrogen (secondary N) is 1. The minimum atomic E-state index is 0.0659. The van der Waals surface area contributed by atoms with Crippen molar-refractivity contribution in [3.63, 3.8) is 0 Å². The molecule has 2 nitrogen and oxygen atoms in total. The van der Waals surface area contributed by atoms with Gasteiger partial charge in [0.1, 0.15) is 0 Å². The molecule has 1 aliphatic carbocycles. The largest absolute Gasteiger partial charge is 0.322 e. The maximum atomic E-state index is 11.4. The van der Waals surface area contributed by atoms with Crippen molar-refractivity contribution in [1.82, 2.24) is 4.98 Å². The van der Waals surface area contributed by atoms with Gasteiger partial charge in [0.25, 0.3) is 5.56 Å². The molecule has 1 N–H and O–H groups in total. The minimum Gasteiger partial charge on any atom is -0.322 e. The van der Waals surface area contributed by atoms with Crippen LogP contribution in [0.3, 0.4) is 0 Å². The molecule has 1 aliphatic rings. The van der Waals surface area contributed by atoms with Gasteiger partial charge in [-0.25, -0.2) is 0 Å². The van der Waals surface area contributed by atoms with E-state index in [-0.39, 0.29) is 5.56 Å². The Morgan fingerprint density at radius 1 is 1.23 bits per heavy atom. The summed E-state index contributed by atoms with van der Waals surface area (Å²) in [4.78, 5) is 14.3. The standard InChI is InChI=1S/C11H8NO/c13-11-9-6-5-7(9)8-3-1-2-4-10(8)12-11/h1-5H,6H2,(H,12,13). The molecule has 1 aromatic carbocycles. The summed E-state index contributed by atoms with van der Waals surface area (Å²) in [5.74, 6) is 0. The van der Waals surface area contributed by atoms with Gasteiger partial charge in [0.15, 0.2) is 0 Å². The number of H-pyrrole nitrogens is 1. The van der Waals surface area contributed by atoms with Crippen LogP contribution in [0, 0.1) is 6.42 Å². The highest BCUT2D eigenvalue weighted by atomic mass is 16.1. The molecular weight excluding hydrogens is 162 g/mol. The maximum absolute atomic E-state index is 11.4. The van der Waals surface area contributed by atoms with Crippen molar-refractivity contribution in [3.05, 3.63) is 52.2 Å². The smallest absolute Gasteiger partial charge is 0.251 e. The van der Waals surface area contributed by atoms with Gasteiger partial charge in [-0.2, -0.15) is 0 Å². The molecule has 0 saturated heterocycles. The Labute approximate surface area is 75.2 Å². The van der Waals surface area contributed by atoms with Crippen molar-refractivity contribution >= 4 is 10.9 Å². The van der Waals surface area contributed by atoms with E-state index in [0.717, 1.165) is 28.5 Å². The molecule has 1 aromatic heterocycles. The highest BCUT2D eigenvalue weighted by molar-refractivity contribution is 5.86. The highest BCUT2D eigenvalue weighted by Crippen LogP contribution is 2.27. The lowest BCUT2D eigenvalue weighted by Gasteiger charge is -2.18. The fourth-order valence-corrected chi connectivity index (χ4v) is 1.82. The van der Waals surface area contributed by atoms with Gasteiger partial charge >= 0.3 is 0 Å². The van der Waals surface area contributed by atoms with E-state index in [1.54, 1.807) is 0 Å². The fourth-order valence-electron chi connectivity index (χ4n) is 1.82. The lowest BCUT2D eigenvalue weighted by atomic mass is 9.87. The van der Waals surface area contributed by atoms with Gasteiger partial charge in [-0.3, -0.25) is 4.79 Å². The lowest BCUT2D eigenvalue weighted by Crippen LogP contribution is -2.22. The third kappa shape index (κ3) is 0.800. The number of hydrogen-bond donors (Lipinski definition) is 1. The maximum Gasteiger partial charge on any atom is 0.251 e. The Hall–Kier alpha value is -1.57. The molecule has 0 bridgehead atoms. The molecule has 0 unspecified atom stereocenters. The van der Waals surface area contributed by atoms with Crippen LogP contribution in [0.5, 0.6) is 0 Å². The van der Waals surface area contributed by atoms with Crippen molar-refractivity contribution in [2.75, 3.05) is 0 Å². The van der Waals surface area contributed by atoms with E-state index < -0.39 is 0 Å². The molecule has 0 amide bonds. The van der Waals surface area contributed by atoms with E-state index >= 15 is 0 Å². The molecule has 2 heteroatoms. The van der Waals surface area contributed by atoms with Gasteiger partial charge in [0.2, 0.25) is 0 Å².